The van der Waals surface area contributed by atoms with Gasteiger partial charge < -0.3 is 62.7 Å². The summed E-state index contributed by atoms with van der Waals surface area (Å²) in [6, 6.07) is 0. The molecule has 0 aromatic carbocycles. The average molecular weight is 823 g/mol. The van der Waals surface area contributed by atoms with Gasteiger partial charge in [-0.3, -0.25) is 4.79 Å². The molecule has 5 fully saturated rings. The van der Waals surface area contributed by atoms with E-state index >= 15 is 0 Å². The number of carbonyl (C=O) groups is 1. The van der Waals surface area contributed by atoms with Crippen LogP contribution in [0.25, 0.3) is 0 Å². The van der Waals surface area contributed by atoms with Crippen LogP contribution in [0.2, 0.25) is 0 Å². The van der Waals surface area contributed by atoms with Crippen LogP contribution in [0, 0.1) is 11.8 Å². The van der Waals surface area contributed by atoms with Gasteiger partial charge in [-0.25, -0.2) is 0 Å². The van der Waals surface area contributed by atoms with Gasteiger partial charge in [-0.05, 0) is 50.8 Å². The fourth-order valence-electron chi connectivity index (χ4n) is 9.52. The van der Waals surface area contributed by atoms with Crippen LogP contribution in [-0.2, 0) is 52.2 Å². The summed E-state index contributed by atoms with van der Waals surface area (Å²) in [5, 5.41) is 33.9. The molecule has 0 aromatic heterocycles. The van der Waals surface area contributed by atoms with E-state index in [1.807, 2.05) is 26.0 Å². The molecule has 6 heterocycles. The largest absolute Gasteiger partial charge is 0.462 e. The molecular weight excluding hydrogens is 761 g/mol. The van der Waals surface area contributed by atoms with E-state index in [-0.39, 0.29) is 24.7 Å². The minimum Gasteiger partial charge on any atom is -0.462 e. The Kier molecular flexibility index (Phi) is 13.8. The monoisotopic (exact) mass is 822 g/mol. The fraction of sp³-hybridized carbons (Fsp3) is 0.786. The van der Waals surface area contributed by atoms with Crippen molar-refractivity contribution in [3.05, 3.63) is 47.1 Å². The van der Waals surface area contributed by atoms with Gasteiger partial charge >= 0.3 is 5.97 Å². The number of fused-ring (bicyclic) bond motifs is 2. The summed E-state index contributed by atoms with van der Waals surface area (Å²) in [6.07, 6.45) is 3.99. The molecule has 0 radical (unpaired) electrons. The van der Waals surface area contributed by atoms with Gasteiger partial charge in [-0.15, -0.1) is 0 Å². The molecular formula is C42H62O14S. The molecule has 7 rings (SSSR count). The van der Waals surface area contributed by atoms with E-state index in [1.165, 1.54) is 0 Å². The van der Waals surface area contributed by atoms with Crippen LogP contribution in [0.1, 0.15) is 66.7 Å². The van der Waals surface area contributed by atoms with Crippen molar-refractivity contribution in [1.82, 2.24) is 0 Å². The predicted molar refractivity (Wildman–Crippen MR) is 208 cm³/mol. The van der Waals surface area contributed by atoms with Gasteiger partial charge in [0.25, 0.3) is 0 Å². The first kappa shape index (κ1) is 43.4. The smallest absolute Gasteiger partial charge is 0.316 e. The lowest BCUT2D eigenvalue weighted by Crippen LogP contribution is -2.58. The van der Waals surface area contributed by atoms with Gasteiger partial charge in [-0.1, -0.05) is 37.3 Å². The maximum Gasteiger partial charge on any atom is 0.316 e. The molecule has 0 amide bonds. The van der Waals surface area contributed by atoms with Crippen LogP contribution in [0.5, 0.6) is 0 Å². The summed E-state index contributed by atoms with van der Waals surface area (Å²) in [7, 11) is 3.22. The Bertz CT molecular complexity index is 1540. The maximum atomic E-state index is 14.1. The van der Waals surface area contributed by atoms with Crippen molar-refractivity contribution in [2.75, 3.05) is 38.9 Å². The summed E-state index contributed by atoms with van der Waals surface area (Å²) in [5.41, 5.74) is 0.187. The number of allylic oxidation sites excluding steroid dienone is 2. The van der Waals surface area contributed by atoms with Gasteiger partial charge in [0.1, 0.15) is 42.0 Å². The van der Waals surface area contributed by atoms with Crippen molar-refractivity contribution in [3.63, 3.8) is 0 Å². The molecule has 3 N–H and O–H groups in total. The summed E-state index contributed by atoms with van der Waals surface area (Å²) >= 11 is 1.75. The number of thioether (sulfide) groups is 1. The number of ether oxygens (including phenoxy) is 10. The number of aliphatic hydroxyl groups excluding tert-OH is 2. The molecule has 15 heteroatoms. The van der Waals surface area contributed by atoms with E-state index < -0.39 is 90.8 Å². The molecule has 0 saturated carbocycles. The third kappa shape index (κ3) is 9.02. The van der Waals surface area contributed by atoms with Crippen LogP contribution in [0.4, 0.5) is 0 Å². The highest BCUT2D eigenvalue weighted by Gasteiger charge is 2.60. The van der Waals surface area contributed by atoms with Crippen LogP contribution >= 0.6 is 11.8 Å². The fourth-order valence-corrected chi connectivity index (χ4v) is 10.4. The first-order valence-electron chi connectivity index (χ1n) is 20.5. The van der Waals surface area contributed by atoms with Crippen LogP contribution in [-0.4, -0.2) is 151 Å². The van der Waals surface area contributed by atoms with Crippen molar-refractivity contribution < 1.29 is 67.5 Å². The highest BCUT2D eigenvalue weighted by molar-refractivity contribution is 7.99. The molecule has 320 valence electrons. The molecule has 17 atom stereocenters. The number of hydrogen-bond acceptors (Lipinski definition) is 15. The molecule has 5 saturated heterocycles. The average Bonchev–Trinajstić information content (AvgIpc) is 3.52. The molecule has 57 heavy (non-hydrogen) atoms. The number of esters is 1. The molecule has 0 aromatic rings. The number of rotatable bonds is 6. The minimum absolute atomic E-state index is 0.0428. The van der Waals surface area contributed by atoms with E-state index in [1.54, 1.807) is 52.0 Å². The Labute approximate surface area is 340 Å². The van der Waals surface area contributed by atoms with Crippen LogP contribution in [0.15, 0.2) is 47.1 Å². The van der Waals surface area contributed by atoms with Gasteiger partial charge in [0.2, 0.25) is 0 Å². The number of methoxy groups -OCH3 is 2. The molecule has 1 aliphatic carbocycles. The molecule has 7 aliphatic rings. The van der Waals surface area contributed by atoms with Gasteiger partial charge in [-0.2, -0.15) is 11.8 Å². The zero-order valence-electron chi connectivity index (χ0n) is 34.2. The maximum absolute atomic E-state index is 14.1. The Hall–Kier alpha value is -1.70. The first-order chi connectivity index (χ1) is 27.2. The van der Waals surface area contributed by atoms with E-state index in [4.69, 9.17) is 47.4 Å². The van der Waals surface area contributed by atoms with E-state index in [0.29, 0.717) is 55.6 Å². The van der Waals surface area contributed by atoms with Crippen molar-refractivity contribution in [2.24, 2.45) is 11.8 Å². The van der Waals surface area contributed by atoms with Gasteiger partial charge in [0, 0.05) is 57.3 Å². The summed E-state index contributed by atoms with van der Waals surface area (Å²) < 4.78 is 62.5. The standard InChI is InChI=1S/C42H62O14S/c1-22-9-8-10-27-20-49-39-35(43)24(3)15-30(42(27,39)46)40(45)53-29-16-28(56-41(19-29)21-57-14-13-50-41)12-11-23(2)37(22)54-34-18-32(48-7)38(26(5)52-34)55-33-17-31(47-6)36(44)25(4)51-33/h8-11,15,22,25-26,28-39,43-44,46H,12-14,16-21H2,1-7H3/b9-8+,23-11+,27-10+/t22-,25-,26-,28+,29-,30-,31-,32-,33-,34-,35+,36-,37-,38-,39+,41+,42+/m0/s1. The van der Waals surface area contributed by atoms with Crippen LogP contribution in [0.3, 0.4) is 0 Å². The number of carbonyl (C=O) groups excluding carboxylic acids is 1. The number of aliphatic hydroxyl groups is 3. The van der Waals surface area contributed by atoms with Crippen molar-refractivity contribution >= 4 is 17.7 Å². The Balaban J connectivity index is 1.15. The van der Waals surface area contributed by atoms with E-state index in [9.17, 15) is 20.1 Å². The van der Waals surface area contributed by atoms with Gasteiger partial charge in [0.05, 0.1) is 49.8 Å². The second-order valence-corrected chi connectivity index (χ2v) is 17.9. The third-order valence-corrected chi connectivity index (χ3v) is 13.8. The zero-order chi connectivity index (χ0) is 40.6. The van der Waals surface area contributed by atoms with Gasteiger partial charge in [0.15, 0.2) is 18.4 Å². The summed E-state index contributed by atoms with van der Waals surface area (Å²) in [5.74, 6) is -1.27. The highest BCUT2D eigenvalue weighted by Crippen LogP contribution is 2.46. The Morgan fingerprint density at radius 1 is 0.930 bits per heavy atom. The number of hydrogen-bond donors (Lipinski definition) is 3. The van der Waals surface area contributed by atoms with Crippen molar-refractivity contribution in [1.29, 1.82) is 0 Å². The van der Waals surface area contributed by atoms with E-state index in [0.717, 1.165) is 11.3 Å². The van der Waals surface area contributed by atoms with Crippen molar-refractivity contribution in [2.45, 2.75) is 158 Å². The summed E-state index contributed by atoms with van der Waals surface area (Å²) in [6.45, 7) is 10.1. The zero-order valence-corrected chi connectivity index (χ0v) is 35.0. The second kappa shape index (κ2) is 18.1. The third-order valence-electron chi connectivity index (χ3n) is 12.7. The molecule has 6 aliphatic heterocycles. The quantitative estimate of drug-likeness (QED) is 0.263. The molecule has 2 bridgehead atoms. The molecule has 0 unspecified atom stereocenters. The second-order valence-electron chi connectivity index (χ2n) is 16.8. The Morgan fingerprint density at radius 2 is 1.67 bits per heavy atom. The lowest BCUT2D eigenvalue weighted by atomic mass is 9.71. The lowest BCUT2D eigenvalue weighted by molar-refractivity contribution is -0.318. The molecule has 14 nitrogen and oxygen atoms in total. The predicted octanol–water partition coefficient (Wildman–Crippen LogP) is 3.50. The minimum atomic E-state index is -1.81. The Morgan fingerprint density at radius 3 is 2.40 bits per heavy atom. The highest BCUT2D eigenvalue weighted by atomic mass is 32.2. The topological polar surface area (TPSA) is 170 Å². The summed E-state index contributed by atoms with van der Waals surface area (Å²) in [4.78, 5) is 14.1. The molecule has 1 spiro atoms. The van der Waals surface area contributed by atoms with Crippen molar-refractivity contribution in [3.8, 4) is 0 Å². The SMILES string of the molecule is CO[C@H]1C[C@H](O[C@H]2[C@H](C)O[C@@H](O[C@@H]3/C(C)=C/C[C@@H]4C[C@@H](C[C@]5(CSCCO5)O4)OC(=O)[C@@H]4C=C(C)[C@@H](O)[C@H]5OC/C(=C\C=C\[C@@H]3C)[C@]54O)C[C@@H]2OC)O[C@@H](C)[C@@H]1O. The first-order valence-corrected chi connectivity index (χ1v) is 21.6. The normalized spacial score (nSPS) is 49.5. The van der Waals surface area contributed by atoms with E-state index in [2.05, 4.69) is 13.0 Å². The van der Waals surface area contributed by atoms with Crippen LogP contribution < -0.4 is 0 Å². The lowest BCUT2D eigenvalue weighted by Gasteiger charge is -2.46.